The van der Waals surface area contributed by atoms with Crippen molar-refractivity contribution in [3.63, 3.8) is 0 Å². The predicted molar refractivity (Wildman–Crippen MR) is 84.4 cm³/mol. The van der Waals surface area contributed by atoms with Gasteiger partial charge in [-0.15, -0.1) is 11.6 Å². The minimum atomic E-state index is -3.08. The average Bonchev–Trinajstić information content (AvgIpc) is 2.37. The third kappa shape index (κ3) is 9.69. The molecule has 0 unspecified atom stereocenters. The van der Waals surface area contributed by atoms with Crippen LogP contribution in [0.4, 0.5) is 0 Å². The molecule has 0 aliphatic carbocycles. The van der Waals surface area contributed by atoms with E-state index in [4.69, 9.17) is 11.6 Å². The zero-order valence-electron chi connectivity index (χ0n) is 12.5. The first-order chi connectivity index (χ1) is 9.08. The van der Waals surface area contributed by atoms with Gasteiger partial charge in [-0.25, -0.2) is 12.7 Å². The van der Waals surface area contributed by atoms with Crippen molar-refractivity contribution in [2.45, 2.75) is 65.2 Å². The summed E-state index contributed by atoms with van der Waals surface area (Å²) < 4.78 is 26.3. The lowest BCUT2D eigenvalue weighted by molar-refractivity contribution is 0.388. The van der Waals surface area contributed by atoms with Crippen molar-refractivity contribution in [3.8, 4) is 0 Å². The van der Waals surface area contributed by atoms with Gasteiger partial charge in [0.1, 0.15) is 0 Å². The third-order valence-electron chi connectivity index (χ3n) is 3.20. The van der Waals surface area contributed by atoms with Gasteiger partial charge in [0.25, 0.3) is 0 Å². The van der Waals surface area contributed by atoms with Gasteiger partial charge in [0.2, 0.25) is 10.0 Å². The molecule has 0 N–H and O–H groups in total. The summed E-state index contributed by atoms with van der Waals surface area (Å²) in [5, 5.41) is 0. The molecule has 0 aliphatic heterocycles. The smallest absolute Gasteiger partial charge is 0.212 e. The number of nitrogens with zero attached hydrogens (tertiary/aromatic N) is 1. The van der Waals surface area contributed by atoms with E-state index in [1.807, 2.05) is 0 Å². The maximum absolute atomic E-state index is 12.3. The maximum Gasteiger partial charge on any atom is 0.214 e. The quantitative estimate of drug-likeness (QED) is 0.380. The highest BCUT2D eigenvalue weighted by atomic mass is 35.5. The Bertz CT molecular complexity index is 284. The zero-order valence-corrected chi connectivity index (χ0v) is 14.1. The van der Waals surface area contributed by atoms with Crippen LogP contribution in [0, 0.1) is 0 Å². The number of hydrogen-bond acceptors (Lipinski definition) is 2. The van der Waals surface area contributed by atoms with Crippen molar-refractivity contribution in [2.75, 3.05) is 24.7 Å². The highest BCUT2D eigenvalue weighted by Gasteiger charge is 2.20. The summed E-state index contributed by atoms with van der Waals surface area (Å²) in [4.78, 5) is 0. The Balaban J connectivity index is 4.32. The van der Waals surface area contributed by atoms with Gasteiger partial charge in [0, 0.05) is 19.0 Å². The Morgan fingerprint density at radius 1 is 0.842 bits per heavy atom. The van der Waals surface area contributed by atoms with Gasteiger partial charge in [0.15, 0.2) is 0 Å². The maximum atomic E-state index is 12.3. The Morgan fingerprint density at radius 3 is 1.79 bits per heavy atom. The monoisotopic (exact) mass is 311 g/mol. The Labute approximate surface area is 124 Å². The summed E-state index contributed by atoms with van der Waals surface area (Å²) >= 11 is 5.61. The second-order valence-electron chi connectivity index (χ2n) is 5.03. The van der Waals surface area contributed by atoms with E-state index in [2.05, 4.69) is 13.8 Å². The fourth-order valence-electron chi connectivity index (χ4n) is 1.97. The van der Waals surface area contributed by atoms with E-state index in [1.54, 1.807) is 4.31 Å². The van der Waals surface area contributed by atoms with Crippen LogP contribution in [-0.4, -0.2) is 37.4 Å². The molecule has 0 aromatic heterocycles. The van der Waals surface area contributed by atoms with E-state index in [1.165, 1.54) is 0 Å². The van der Waals surface area contributed by atoms with Crippen LogP contribution in [-0.2, 0) is 10.0 Å². The fourth-order valence-corrected chi connectivity index (χ4v) is 3.80. The van der Waals surface area contributed by atoms with Crippen LogP contribution < -0.4 is 0 Å². The first-order valence-electron chi connectivity index (χ1n) is 7.62. The highest BCUT2D eigenvalue weighted by molar-refractivity contribution is 7.89. The molecule has 5 heteroatoms. The number of rotatable bonds is 13. The molecule has 0 aromatic rings. The van der Waals surface area contributed by atoms with Gasteiger partial charge in [-0.2, -0.15) is 0 Å². The molecule has 0 fully saturated rings. The second-order valence-corrected chi connectivity index (χ2v) is 7.49. The minimum Gasteiger partial charge on any atom is -0.212 e. The lowest BCUT2D eigenvalue weighted by Crippen LogP contribution is -2.35. The van der Waals surface area contributed by atoms with Crippen molar-refractivity contribution in [1.29, 1.82) is 0 Å². The molecule has 0 aromatic carbocycles. The lowest BCUT2D eigenvalue weighted by Gasteiger charge is -2.22. The summed E-state index contributed by atoms with van der Waals surface area (Å²) in [5.41, 5.74) is 0. The van der Waals surface area contributed by atoms with E-state index < -0.39 is 10.0 Å². The number of halogens is 1. The number of unbranched alkanes of at least 4 members (excludes halogenated alkanes) is 5. The third-order valence-corrected chi connectivity index (χ3v) is 5.43. The van der Waals surface area contributed by atoms with Gasteiger partial charge in [-0.3, -0.25) is 0 Å². The molecule has 0 saturated carbocycles. The normalized spacial score (nSPS) is 12.2. The van der Waals surface area contributed by atoms with E-state index >= 15 is 0 Å². The highest BCUT2D eigenvalue weighted by Crippen LogP contribution is 2.10. The predicted octanol–water partition coefficient (Wildman–Crippen LogP) is 4.02. The molecule has 0 rings (SSSR count). The molecule has 0 atom stereocenters. The standard InChI is InChI=1S/C14H30ClNO2S/c1-3-5-8-12-16(13-9-6-4-2)19(17,18)14-10-7-11-15/h3-14H2,1-2H3. The number of alkyl halides is 1. The lowest BCUT2D eigenvalue weighted by atomic mass is 10.2. The van der Waals surface area contributed by atoms with Crippen LogP contribution >= 0.6 is 11.6 Å². The Morgan fingerprint density at radius 2 is 1.37 bits per heavy atom. The van der Waals surface area contributed by atoms with Crippen LogP contribution in [0.1, 0.15) is 65.2 Å². The number of sulfonamides is 1. The molecule has 0 amide bonds. The van der Waals surface area contributed by atoms with Crippen molar-refractivity contribution in [2.24, 2.45) is 0 Å². The van der Waals surface area contributed by atoms with Crippen molar-refractivity contribution in [1.82, 2.24) is 4.31 Å². The molecular formula is C14H30ClNO2S. The summed E-state index contributed by atoms with van der Waals surface area (Å²) in [6.07, 6.45) is 7.82. The Kier molecular flexibility index (Phi) is 12.1. The minimum absolute atomic E-state index is 0.248. The molecule has 0 heterocycles. The molecule has 0 spiro atoms. The van der Waals surface area contributed by atoms with Gasteiger partial charge in [-0.1, -0.05) is 39.5 Å². The molecular weight excluding hydrogens is 282 g/mol. The van der Waals surface area contributed by atoms with E-state index in [9.17, 15) is 8.42 Å². The molecule has 0 bridgehead atoms. The van der Waals surface area contributed by atoms with Crippen LogP contribution in [0.15, 0.2) is 0 Å². The average molecular weight is 312 g/mol. The molecule has 0 radical (unpaired) electrons. The van der Waals surface area contributed by atoms with Gasteiger partial charge >= 0.3 is 0 Å². The van der Waals surface area contributed by atoms with E-state index in [0.29, 0.717) is 25.4 Å². The van der Waals surface area contributed by atoms with Gasteiger partial charge in [-0.05, 0) is 25.7 Å². The van der Waals surface area contributed by atoms with Crippen molar-refractivity contribution < 1.29 is 8.42 Å². The van der Waals surface area contributed by atoms with Crippen LogP contribution in [0.3, 0.4) is 0 Å². The summed E-state index contributed by atoms with van der Waals surface area (Å²) in [6.45, 7) is 5.63. The van der Waals surface area contributed by atoms with Crippen molar-refractivity contribution >= 4 is 21.6 Å². The summed E-state index contributed by atoms with van der Waals surface area (Å²) in [7, 11) is -3.08. The first kappa shape index (κ1) is 19.2. The number of hydrogen-bond donors (Lipinski definition) is 0. The molecule has 19 heavy (non-hydrogen) atoms. The Hall–Kier alpha value is 0.200. The molecule has 0 aliphatic rings. The zero-order chi connectivity index (χ0) is 14.6. The SMILES string of the molecule is CCCCCN(CCCCC)S(=O)(=O)CCCCCl. The topological polar surface area (TPSA) is 37.4 Å². The van der Waals surface area contributed by atoms with E-state index in [-0.39, 0.29) is 5.75 Å². The largest absolute Gasteiger partial charge is 0.214 e. The summed E-state index contributed by atoms with van der Waals surface area (Å²) in [5.74, 6) is 0.791. The fraction of sp³-hybridized carbons (Fsp3) is 1.00. The molecule has 116 valence electrons. The van der Waals surface area contributed by atoms with Gasteiger partial charge in [0.05, 0.1) is 5.75 Å². The molecule has 3 nitrogen and oxygen atoms in total. The van der Waals surface area contributed by atoms with Crippen molar-refractivity contribution in [3.05, 3.63) is 0 Å². The molecule has 0 saturated heterocycles. The summed E-state index contributed by atoms with van der Waals surface area (Å²) in [6, 6.07) is 0. The second kappa shape index (κ2) is 12.0. The van der Waals surface area contributed by atoms with Gasteiger partial charge < -0.3 is 0 Å². The van der Waals surface area contributed by atoms with Crippen LogP contribution in [0.5, 0.6) is 0 Å². The van der Waals surface area contributed by atoms with Crippen LogP contribution in [0.25, 0.3) is 0 Å². The first-order valence-corrected chi connectivity index (χ1v) is 9.76. The van der Waals surface area contributed by atoms with Crippen LogP contribution in [0.2, 0.25) is 0 Å². The van der Waals surface area contributed by atoms with E-state index in [0.717, 1.165) is 44.9 Å².